The molecule has 1 nitrogen and oxygen atoms in total. The van der Waals surface area contributed by atoms with Crippen LogP contribution in [0.1, 0.15) is 11.6 Å². The average molecular weight is 318 g/mol. The van der Waals surface area contributed by atoms with E-state index < -0.39 is 12.2 Å². The Hall–Kier alpha value is -1.17. The third kappa shape index (κ3) is 3.69. The van der Waals surface area contributed by atoms with Crippen LogP contribution in [0, 0.1) is 0 Å². The quantitative estimate of drug-likeness (QED) is 0.857. The summed E-state index contributed by atoms with van der Waals surface area (Å²) in [7, 11) is 0. The van der Waals surface area contributed by atoms with Crippen molar-refractivity contribution < 1.29 is 13.2 Å². The molecule has 2 rings (SSSR count). The fourth-order valence-electron chi connectivity index (χ4n) is 1.64. The molecule has 1 atom stereocenters. The number of hydrogen-bond donors (Lipinski definition) is 1. The molecule has 0 unspecified atom stereocenters. The highest BCUT2D eigenvalue weighted by molar-refractivity contribution is 7.99. The van der Waals surface area contributed by atoms with Crippen LogP contribution < -0.4 is 5.73 Å². The molecule has 0 fully saturated rings. The van der Waals surface area contributed by atoms with Gasteiger partial charge in [0.15, 0.2) is 0 Å². The molecule has 0 saturated heterocycles. The summed E-state index contributed by atoms with van der Waals surface area (Å²) < 4.78 is 38.3. The summed E-state index contributed by atoms with van der Waals surface area (Å²) in [5.41, 5.74) is 5.36. The van der Waals surface area contributed by atoms with Gasteiger partial charge in [-0.3, -0.25) is 0 Å². The van der Waals surface area contributed by atoms with Crippen LogP contribution in [-0.2, 0) is 0 Å². The van der Waals surface area contributed by atoms with E-state index in [4.69, 9.17) is 17.3 Å². The van der Waals surface area contributed by atoms with E-state index in [2.05, 4.69) is 0 Å². The summed E-state index contributed by atoms with van der Waals surface area (Å²) in [5.74, 6) is 0. The Morgan fingerprint density at radius 2 is 1.60 bits per heavy atom. The third-order valence-corrected chi connectivity index (χ3v) is 4.00. The molecule has 0 bridgehead atoms. The summed E-state index contributed by atoms with van der Waals surface area (Å²) in [5, 5.41) is 0.578. The molecule has 106 valence electrons. The molecular weight excluding hydrogens is 307 g/mol. The van der Waals surface area contributed by atoms with E-state index in [0.717, 1.165) is 4.90 Å². The van der Waals surface area contributed by atoms with Gasteiger partial charge in [-0.05, 0) is 35.9 Å². The monoisotopic (exact) mass is 317 g/mol. The van der Waals surface area contributed by atoms with Gasteiger partial charge in [-0.15, -0.1) is 0 Å². The van der Waals surface area contributed by atoms with Crippen LogP contribution in [0.15, 0.2) is 58.3 Å². The molecule has 6 heteroatoms. The minimum absolute atomic E-state index is 0.0694. The van der Waals surface area contributed by atoms with Gasteiger partial charge < -0.3 is 5.73 Å². The number of benzene rings is 2. The molecule has 2 aromatic carbocycles. The van der Waals surface area contributed by atoms with Crippen LogP contribution >= 0.6 is 23.4 Å². The van der Waals surface area contributed by atoms with Crippen molar-refractivity contribution in [1.29, 1.82) is 0 Å². The zero-order valence-electron chi connectivity index (χ0n) is 10.2. The van der Waals surface area contributed by atoms with Gasteiger partial charge in [0.25, 0.3) is 0 Å². The van der Waals surface area contributed by atoms with Crippen LogP contribution in [0.25, 0.3) is 0 Å². The molecule has 0 aliphatic heterocycles. The number of alkyl halides is 3. The first-order chi connectivity index (χ1) is 9.38. The van der Waals surface area contributed by atoms with Gasteiger partial charge in [-0.2, -0.15) is 13.2 Å². The maximum atomic E-state index is 12.8. The molecule has 0 spiro atoms. The highest BCUT2D eigenvalue weighted by atomic mass is 35.5. The predicted octanol–water partition coefficient (Wildman–Crippen LogP) is 5.05. The van der Waals surface area contributed by atoms with Crippen molar-refractivity contribution in [3.8, 4) is 0 Å². The third-order valence-electron chi connectivity index (χ3n) is 2.65. The molecule has 20 heavy (non-hydrogen) atoms. The molecule has 0 heterocycles. The minimum atomic E-state index is -4.46. The van der Waals surface area contributed by atoms with E-state index >= 15 is 0 Å². The summed E-state index contributed by atoms with van der Waals surface area (Å²) in [4.78, 5) is 1.29. The van der Waals surface area contributed by atoms with Crippen molar-refractivity contribution in [2.24, 2.45) is 5.73 Å². The Bertz CT molecular complexity index is 584. The zero-order valence-corrected chi connectivity index (χ0v) is 11.8. The molecule has 0 aliphatic rings. The summed E-state index contributed by atoms with van der Waals surface area (Å²) in [6.45, 7) is 0. The van der Waals surface area contributed by atoms with Crippen LogP contribution in [0.5, 0.6) is 0 Å². The Kier molecular flexibility index (Phi) is 4.62. The van der Waals surface area contributed by atoms with E-state index in [1.54, 1.807) is 42.5 Å². The molecule has 0 aromatic heterocycles. The van der Waals surface area contributed by atoms with Crippen LogP contribution in [0.3, 0.4) is 0 Å². The summed E-state index contributed by atoms with van der Waals surface area (Å²) in [6, 6.07) is 11.2. The van der Waals surface area contributed by atoms with Crippen molar-refractivity contribution in [3.05, 3.63) is 59.1 Å². The Morgan fingerprint density at radius 1 is 1.00 bits per heavy atom. The second kappa shape index (κ2) is 6.08. The van der Waals surface area contributed by atoms with Crippen LogP contribution in [-0.4, -0.2) is 6.18 Å². The molecule has 2 N–H and O–H groups in total. The normalized spacial score (nSPS) is 13.2. The van der Waals surface area contributed by atoms with Crippen molar-refractivity contribution in [2.75, 3.05) is 0 Å². The predicted molar refractivity (Wildman–Crippen MR) is 75.0 cm³/mol. The second-order valence-corrected chi connectivity index (χ2v) is 5.66. The second-order valence-electron chi connectivity index (χ2n) is 4.11. The molecule has 0 aliphatic carbocycles. The molecule has 0 amide bonds. The first-order valence-electron chi connectivity index (χ1n) is 5.72. The molecule has 0 radical (unpaired) electrons. The Balaban J connectivity index is 2.31. The maximum absolute atomic E-state index is 12.8. The van der Waals surface area contributed by atoms with Gasteiger partial charge in [0.05, 0.1) is 0 Å². The molecular formula is C14H11ClF3NS. The number of rotatable bonds is 3. The lowest BCUT2D eigenvalue weighted by Gasteiger charge is -2.18. The van der Waals surface area contributed by atoms with E-state index in [1.165, 1.54) is 17.8 Å². The number of nitrogens with two attached hydrogens (primary N) is 1. The Morgan fingerprint density at radius 3 is 2.20 bits per heavy atom. The zero-order chi connectivity index (χ0) is 14.8. The lowest BCUT2D eigenvalue weighted by atomic mass is 10.1. The fourth-order valence-corrected chi connectivity index (χ4v) is 2.75. The lowest BCUT2D eigenvalue weighted by Crippen LogP contribution is -2.28. The fraction of sp³-hybridized carbons (Fsp3) is 0.143. The molecule has 0 saturated carbocycles. The highest BCUT2D eigenvalue weighted by Gasteiger charge is 2.38. The van der Waals surface area contributed by atoms with Crippen molar-refractivity contribution >= 4 is 23.4 Å². The van der Waals surface area contributed by atoms with Crippen molar-refractivity contribution in [2.45, 2.75) is 22.0 Å². The number of hydrogen-bond acceptors (Lipinski definition) is 2. The van der Waals surface area contributed by atoms with Crippen LogP contribution in [0.2, 0.25) is 5.02 Å². The van der Waals surface area contributed by atoms with Crippen molar-refractivity contribution in [3.63, 3.8) is 0 Å². The van der Waals surface area contributed by atoms with Crippen molar-refractivity contribution in [1.82, 2.24) is 0 Å². The molecule has 2 aromatic rings. The number of halogens is 4. The average Bonchev–Trinajstić information content (AvgIpc) is 2.40. The van der Waals surface area contributed by atoms with E-state index in [9.17, 15) is 13.2 Å². The standard InChI is InChI=1S/C14H11ClF3NS/c15-9-5-7-10(8-6-9)20-12-4-2-1-3-11(12)13(19)14(16,17)18/h1-8,13H,19H2/t13-/m1/s1. The van der Waals surface area contributed by atoms with E-state index in [1.807, 2.05) is 0 Å². The summed E-state index contributed by atoms with van der Waals surface area (Å²) >= 11 is 7.01. The van der Waals surface area contributed by atoms with Gasteiger partial charge in [-0.1, -0.05) is 41.6 Å². The topological polar surface area (TPSA) is 26.0 Å². The maximum Gasteiger partial charge on any atom is 0.407 e. The smallest absolute Gasteiger partial charge is 0.316 e. The summed E-state index contributed by atoms with van der Waals surface area (Å²) in [6.07, 6.45) is -4.46. The van der Waals surface area contributed by atoms with Gasteiger partial charge in [-0.25, -0.2) is 0 Å². The van der Waals surface area contributed by atoms with E-state index in [-0.39, 0.29) is 5.56 Å². The first-order valence-corrected chi connectivity index (χ1v) is 6.92. The van der Waals surface area contributed by atoms with Gasteiger partial charge >= 0.3 is 6.18 Å². The minimum Gasteiger partial charge on any atom is -0.316 e. The highest BCUT2D eigenvalue weighted by Crippen LogP contribution is 2.38. The Labute approximate surface area is 123 Å². The van der Waals surface area contributed by atoms with Gasteiger partial charge in [0.1, 0.15) is 6.04 Å². The largest absolute Gasteiger partial charge is 0.407 e. The van der Waals surface area contributed by atoms with E-state index in [0.29, 0.717) is 9.92 Å². The van der Waals surface area contributed by atoms with Gasteiger partial charge in [0, 0.05) is 14.8 Å². The lowest BCUT2D eigenvalue weighted by molar-refractivity contribution is -0.149. The van der Waals surface area contributed by atoms with Crippen LogP contribution in [0.4, 0.5) is 13.2 Å². The SMILES string of the molecule is N[C@H](c1ccccc1Sc1ccc(Cl)cc1)C(F)(F)F. The van der Waals surface area contributed by atoms with Gasteiger partial charge in [0.2, 0.25) is 0 Å². The first kappa shape index (κ1) is 15.2.